The molecule has 0 bridgehead atoms. The molecule has 0 fully saturated rings. The second-order valence-electron chi connectivity index (χ2n) is 4.35. The van der Waals surface area contributed by atoms with Crippen LogP contribution in [0.3, 0.4) is 0 Å². The molecule has 0 aliphatic heterocycles. The minimum atomic E-state index is -2.95. The van der Waals surface area contributed by atoms with E-state index in [9.17, 15) is 13.6 Å². The van der Waals surface area contributed by atoms with Crippen molar-refractivity contribution >= 4 is 5.91 Å². The summed E-state index contributed by atoms with van der Waals surface area (Å²) in [6, 6.07) is 9.14. The molecule has 0 saturated heterocycles. The van der Waals surface area contributed by atoms with E-state index in [1.807, 2.05) is 49.3 Å². The lowest BCUT2D eigenvalue weighted by Crippen LogP contribution is -2.39. The predicted octanol–water partition coefficient (Wildman–Crippen LogP) is 1.84. The van der Waals surface area contributed by atoms with E-state index < -0.39 is 12.3 Å². The average molecular weight is 256 g/mol. The highest BCUT2D eigenvalue weighted by atomic mass is 19.3. The van der Waals surface area contributed by atoms with Gasteiger partial charge in [0, 0.05) is 19.6 Å². The average Bonchev–Trinajstić information content (AvgIpc) is 2.34. The molecular formula is C13H18F2N2O. The van der Waals surface area contributed by atoms with Gasteiger partial charge in [-0.05, 0) is 19.7 Å². The molecule has 0 radical (unpaired) electrons. The molecule has 0 aliphatic rings. The fourth-order valence-corrected chi connectivity index (χ4v) is 1.53. The Morgan fingerprint density at radius 2 is 1.78 bits per heavy atom. The van der Waals surface area contributed by atoms with E-state index in [0.29, 0.717) is 13.1 Å². The van der Waals surface area contributed by atoms with Crippen molar-refractivity contribution in [1.82, 2.24) is 9.80 Å². The largest absolute Gasteiger partial charge is 0.332 e. The molecule has 1 aromatic carbocycles. The molecule has 0 spiro atoms. The van der Waals surface area contributed by atoms with Gasteiger partial charge in [0.15, 0.2) is 0 Å². The van der Waals surface area contributed by atoms with E-state index in [1.165, 1.54) is 4.90 Å². The molecule has 5 heteroatoms. The van der Waals surface area contributed by atoms with Gasteiger partial charge in [-0.25, -0.2) is 0 Å². The zero-order valence-electron chi connectivity index (χ0n) is 10.6. The highest BCUT2D eigenvalue weighted by Crippen LogP contribution is 2.08. The topological polar surface area (TPSA) is 23.6 Å². The van der Waals surface area contributed by atoms with Gasteiger partial charge in [-0.1, -0.05) is 30.3 Å². The van der Waals surface area contributed by atoms with Crippen LogP contribution in [-0.4, -0.2) is 49.3 Å². The van der Waals surface area contributed by atoms with E-state index in [2.05, 4.69) is 0 Å². The Bertz CT molecular complexity index is 369. The van der Waals surface area contributed by atoms with Crippen LogP contribution in [0.5, 0.6) is 0 Å². The minimum Gasteiger partial charge on any atom is -0.332 e. The number of alkyl halides is 2. The normalized spacial score (nSPS) is 11.0. The maximum Gasteiger partial charge on any atom is 0.315 e. The van der Waals surface area contributed by atoms with Crippen LogP contribution >= 0.6 is 0 Å². The van der Waals surface area contributed by atoms with Gasteiger partial charge >= 0.3 is 6.43 Å². The van der Waals surface area contributed by atoms with Crippen LogP contribution < -0.4 is 0 Å². The van der Waals surface area contributed by atoms with E-state index >= 15 is 0 Å². The second-order valence-corrected chi connectivity index (χ2v) is 4.35. The van der Waals surface area contributed by atoms with Crippen LogP contribution in [0.4, 0.5) is 8.78 Å². The molecule has 0 aromatic heterocycles. The Morgan fingerprint density at radius 1 is 1.17 bits per heavy atom. The zero-order chi connectivity index (χ0) is 13.5. The first kappa shape index (κ1) is 14.6. The third-order valence-electron chi connectivity index (χ3n) is 2.53. The van der Waals surface area contributed by atoms with Crippen molar-refractivity contribution in [2.75, 3.05) is 27.2 Å². The van der Waals surface area contributed by atoms with Crippen molar-refractivity contribution in [2.24, 2.45) is 0 Å². The van der Waals surface area contributed by atoms with Gasteiger partial charge in [0.2, 0.25) is 0 Å². The summed E-state index contributed by atoms with van der Waals surface area (Å²) in [4.78, 5) is 14.5. The standard InChI is InChI=1S/C13H18F2N2O/c1-16(2)8-9-17(13(18)12(14)15)10-11-6-4-3-5-7-11/h3-7,12H,8-10H2,1-2H3. The fraction of sp³-hybridized carbons (Fsp3) is 0.462. The van der Waals surface area contributed by atoms with E-state index in [1.54, 1.807) is 0 Å². The van der Waals surface area contributed by atoms with Crippen LogP contribution in [-0.2, 0) is 11.3 Å². The summed E-state index contributed by atoms with van der Waals surface area (Å²) in [5, 5.41) is 0. The van der Waals surface area contributed by atoms with Gasteiger partial charge in [0.1, 0.15) is 0 Å². The number of halogens is 2. The number of benzene rings is 1. The molecule has 0 heterocycles. The van der Waals surface area contributed by atoms with Gasteiger partial charge in [0.05, 0.1) is 0 Å². The molecule has 0 atom stereocenters. The highest BCUT2D eigenvalue weighted by molar-refractivity contribution is 5.79. The monoisotopic (exact) mass is 256 g/mol. The molecule has 3 nitrogen and oxygen atoms in total. The van der Waals surface area contributed by atoms with Crippen molar-refractivity contribution in [3.8, 4) is 0 Å². The number of amides is 1. The first-order valence-electron chi connectivity index (χ1n) is 5.76. The number of hydrogen-bond acceptors (Lipinski definition) is 2. The molecule has 0 aliphatic carbocycles. The first-order valence-corrected chi connectivity index (χ1v) is 5.76. The first-order chi connectivity index (χ1) is 8.50. The van der Waals surface area contributed by atoms with Gasteiger partial charge in [-0.3, -0.25) is 4.79 Å². The lowest BCUT2D eigenvalue weighted by molar-refractivity contribution is -0.143. The number of nitrogens with zero attached hydrogens (tertiary/aromatic N) is 2. The maximum absolute atomic E-state index is 12.5. The van der Waals surface area contributed by atoms with Crippen molar-refractivity contribution in [3.63, 3.8) is 0 Å². The maximum atomic E-state index is 12.5. The summed E-state index contributed by atoms with van der Waals surface area (Å²) in [7, 11) is 3.68. The van der Waals surface area contributed by atoms with Crippen LogP contribution in [0.25, 0.3) is 0 Å². The Balaban J connectivity index is 2.68. The van der Waals surface area contributed by atoms with E-state index in [4.69, 9.17) is 0 Å². The number of carbonyl (C=O) groups excluding carboxylic acids is 1. The second kappa shape index (κ2) is 7.06. The van der Waals surface area contributed by atoms with Crippen LogP contribution in [0.15, 0.2) is 30.3 Å². The summed E-state index contributed by atoms with van der Waals surface area (Å²) >= 11 is 0. The number of rotatable bonds is 6. The van der Waals surface area contributed by atoms with Gasteiger partial charge in [-0.2, -0.15) is 8.78 Å². The van der Waals surface area contributed by atoms with Crippen molar-refractivity contribution < 1.29 is 13.6 Å². The summed E-state index contributed by atoms with van der Waals surface area (Å²) in [5.74, 6) is -1.11. The lowest BCUT2D eigenvalue weighted by Gasteiger charge is -2.24. The molecule has 18 heavy (non-hydrogen) atoms. The molecular weight excluding hydrogens is 238 g/mol. The zero-order valence-corrected chi connectivity index (χ0v) is 10.6. The third-order valence-corrected chi connectivity index (χ3v) is 2.53. The van der Waals surface area contributed by atoms with Crippen LogP contribution in [0.1, 0.15) is 5.56 Å². The Labute approximate surface area is 106 Å². The number of likely N-dealkylation sites (N-methyl/N-ethyl adjacent to an activating group) is 1. The quantitative estimate of drug-likeness (QED) is 0.775. The van der Waals surface area contributed by atoms with Gasteiger partial charge < -0.3 is 9.80 Å². The summed E-state index contributed by atoms with van der Waals surface area (Å²) in [5.41, 5.74) is 0.852. The lowest BCUT2D eigenvalue weighted by atomic mass is 10.2. The molecule has 0 N–H and O–H groups in total. The van der Waals surface area contributed by atoms with E-state index in [-0.39, 0.29) is 6.54 Å². The SMILES string of the molecule is CN(C)CCN(Cc1ccccc1)C(=O)C(F)F. The summed E-state index contributed by atoms with van der Waals surface area (Å²) < 4.78 is 25.0. The Morgan fingerprint density at radius 3 is 2.28 bits per heavy atom. The molecule has 1 amide bonds. The van der Waals surface area contributed by atoms with E-state index in [0.717, 1.165) is 5.56 Å². The highest BCUT2D eigenvalue weighted by Gasteiger charge is 2.23. The summed E-state index contributed by atoms with van der Waals surface area (Å²) in [6.07, 6.45) is -2.95. The predicted molar refractivity (Wildman–Crippen MR) is 66.4 cm³/mol. The molecule has 0 unspecified atom stereocenters. The Kier molecular flexibility index (Phi) is 5.71. The molecule has 0 saturated carbocycles. The number of carbonyl (C=O) groups is 1. The molecule has 1 rings (SSSR count). The van der Waals surface area contributed by atoms with Crippen LogP contribution in [0, 0.1) is 0 Å². The Hall–Kier alpha value is -1.49. The van der Waals surface area contributed by atoms with Gasteiger partial charge in [0.25, 0.3) is 5.91 Å². The van der Waals surface area contributed by atoms with Crippen molar-refractivity contribution in [3.05, 3.63) is 35.9 Å². The molecule has 100 valence electrons. The third kappa shape index (κ3) is 4.79. The smallest absolute Gasteiger partial charge is 0.315 e. The van der Waals surface area contributed by atoms with Crippen molar-refractivity contribution in [2.45, 2.75) is 13.0 Å². The fourth-order valence-electron chi connectivity index (χ4n) is 1.53. The van der Waals surface area contributed by atoms with Crippen molar-refractivity contribution in [1.29, 1.82) is 0 Å². The van der Waals surface area contributed by atoms with Crippen LogP contribution in [0.2, 0.25) is 0 Å². The summed E-state index contributed by atoms with van der Waals surface area (Å²) in [6.45, 7) is 1.08. The minimum absolute atomic E-state index is 0.220. The number of hydrogen-bond donors (Lipinski definition) is 0. The molecule has 1 aromatic rings. The van der Waals surface area contributed by atoms with Gasteiger partial charge in [-0.15, -0.1) is 0 Å².